The molecule has 0 spiro atoms. The van der Waals surface area contributed by atoms with E-state index in [1.807, 2.05) is 0 Å². The molecular formula is C14H29N. The van der Waals surface area contributed by atoms with Gasteiger partial charge in [0.25, 0.3) is 0 Å². The van der Waals surface area contributed by atoms with Crippen molar-refractivity contribution in [1.29, 1.82) is 0 Å². The Morgan fingerprint density at radius 2 is 1.73 bits per heavy atom. The van der Waals surface area contributed by atoms with Gasteiger partial charge in [0.15, 0.2) is 0 Å². The second-order valence-electron chi connectivity index (χ2n) is 5.13. The van der Waals surface area contributed by atoms with Gasteiger partial charge in [0.05, 0.1) is 0 Å². The van der Waals surface area contributed by atoms with Crippen molar-refractivity contribution in [2.24, 2.45) is 5.92 Å². The zero-order valence-corrected chi connectivity index (χ0v) is 10.8. The highest BCUT2D eigenvalue weighted by atomic mass is 15.1. The van der Waals surface area contributed by atoms with E-state index in [0.717, 1.165) is 5.92 Å². The molecule has 0 bridgehead atoms. The van der Waals surface area contributed by atoms with Gasteiger partial charge in [0.1, 0.15) is 0 Å². The molecule has 0 aromatic carbocycles. The lowest BCUT2D eigenvalue weighted by Crippen LogP contribution is -2.21. The van der Waals surface area contributed by atoms with Crippen molar-refractivity contribution in [1.82, 2.24) is 4.90 Å². The largest absolute Gasteiger partial charge is 0.303 e. The van der Waals surface area contributed by atoms with Crippen LogP contribution in [0.4, 0.5) is 0 Å². The maximum absolute atomic E-state index is 2.67. The summed E-state index contributed by atoms with van der Waals surface area (Å²) >= 11 is 0. The Labute approximate surface area is 96.2 Å². The van der Waals surface area contributed by atoms with Crippen molar-refractivity contribution in [3.05, 3.63) is 0 Å². The Morgan fingerprint density at radius 3 is 2.40 bits per heavy atom. The zero-order valence-electron chi connectivity index (χ0n) is 10.8. The predicted molar refractivity (Wildman–Crippen MR) is 68.2 cm³/mol. The zero-order chi connectivity index (χ0) is 10.9. The van der Waals surface area contributed by atoms with Crippen LogP contribution in [0, 0.1) is 5.92 Å². The molecule has 0 aliphatic carbocycles. The summed E-state index contributed by atoms with van der Waals surface area (Å²) in [6, 6.07) is 0. The number of hydrogen-bond donors (Lipinski definition) is 0. The Bertz CT molecular complexity index is 144. The van der Waals surface area contributed by atoms with Gasteiger partial charge in [0, 0.05) is 6.54 Å². The van der Waals surface area contributed by atoms with Crippen LogP contribution < -0.4 is 0 Å². The first kappa shape index (κ1) is 13.0. The first-order valence-electron chi connectivity index (χ1n) is 7.09. The summed E-state index contributed by atoms with van der Waals surface area (Å²) in [6.07, 6.45) is 11.4. The summed E-state index contributed by atoms with van der Waals surface area (Å²) in [7, 11) is 0. The minimum Gasteiger partial charge on any atom is -0.303 e. The third-order valence-corrected chi connectivity index (χ3v) is 3.78. The van der Waals surface area contributed by atoms with Gasteiger partial charge in [-0.2, -0.15) is 0 Å². The summed E-state index contributed by atoms with van der Waals surface area (Å²) in [4.78, 5) is 2.67. The van der Waals surface area contributed by atoms with Crippen LogP contribution in [0.25, 0.3) is 0 Å². The fourth-order valence-electron chi connectivity index (χ4n) is 2.56. The number of unbranched alkanes of at least 4 members (excludes halogenated alkanes) is 5. The smallest absolute Gasteiger partial charge is 0.00100 e. The number of nitrogens with zero attached hydrogens (tertiary/aromatic N) is 1. The van der Waals surface area contributed by atoms with Crippen LogP contribution in [-0.4, -0.2) is 24.5 Å². The highest BCUT2D eigenvalue weighted by molar-refractivity contribution is 4.74. The summed E-state index contributed by atoms with van der Waals surface area (Å²) in [5, 5.41) is 0. The monoisotopic (exact) mass is 211 g/mol. The Hall–Kier alpha value is -0.0400. The van der Waals surface area contributed by atoms with E-state index < -0.39 is 0 Å². The van der Waals surface area contributed by atoms with Gasteiger partial charge in [0.2, 0.25) is 0 Å². The summed E-state index contributed by atoms with van der Waals surface area (Å²) in [6.45, 7) is 8.73. The van der Waals surface area contributed by atoms with Crippen molar-refractivity contribution in [2.45, 2.75) is 65.2 Å². The molecule has 0 amide bonds. The topological polar surface area (TPSA) is 3.24 Å². The maximum Gasteiger partial charge on any atom is 0.00100 e. The molecular weight excluding hydrogens is 182 g/mol. The molecule has 1 heterocycles. The van der Waals surface area contributed by atoms with E-state index in [0.29, 0.717) is 0 Å². The van der Waals surface area contributed by atoms with E-state index in [-0.39, 0.29) is 0 Å². The molecule has 1 nitrogen and oxygen atoms in total. The lowest BCUT2D eigenvalue weighted by atomic mass is 10.1. The third-order valence-electron chi connectivity index (χ3n) is 3.78. The van der Waals surface area contributed by atoms with Crippen LogP contribution in [0.3, 0.4) is 0 Å². The van der Waals surface area contributed by atoms with Gasteiger partial charge in [-0.05, 0) is 31.8 Å². The molecule has 1 fully saturated rings. The van der Waals surface area contributed by atoms with Crippen LogP contribution >= 0.6 is 0 Å². The molecule has 1 aliphatic rings. The highest BCUT2D eigenvalue weighted by Crippen LogP contribution is 2.19. The fraction of sp³-hybridized carbons (Fsp3) is 1.00. The first-order valence-corrected chi connectivity index (χ1v) is 7.09. The molecule has 0 N–H and O–H groups in total. The second kappa shape index (κ2) is 8.15. The molecule has 1 saturated heterocycles. The van der Waals surface area contributed by atoms with E-state index in [2.05, 4.69) is 18.7 Å². The number of hydrogen-bond acceptors (Lipinski definition) is 1. The van der Waals surface area contributed by atoms with Crippen LogP contribution in [0.2, 0.25) is 0 Å². The molecule has 1 atom stereocenters. The van der Waals surface area contributed by atoms with Crippen molar-refractivity contribution < 1.29 is 0 Å². The van der Waals surface area contributed by atoms with Crippen LogP contribution in [0.1, 0.15) is 65.2 Å². The van der Waals surface area contributed by atoms with E-state index in [1.165, 1.54) is 71.0 Å². The van der Waals surface area contributed by atoms with Gasteiger partial charge in [-0.15, -0.1) is 0 Å². The molecule has 1 unspecified atom stereocenters. The average Bonchev–Trinajstić information content (AvgIpc) is 2.71. The fourth-order valence-corrected chi connectivity index (χ4v) is 2.56. The van der Waals surface area contributed by atoms with Crippen LogP contribution in [0.15, 0.2) is 0 Å². The molecule has 1 rings (SSSR count). The van der Waals surface area contributed by atoms with E-state index >= 15 is 0 Å². The molecule has 1 heteroatoms. The minimum atomic E-state index is 1.00. The lowest BCUT2D eigenvalue weighted by molar-refractivity contribution is 0.313. The molecule has 0 radical (unpaired) electrons. The molecule has 15 heavy (non-hydrogen) atoms. The molecule has 0 aromatic rings. The molecule has 0 aromatic heterocycles. The van der Waals surface area contributed by atoms with E-state index in [1.54, 1.807) is 0 Å². The Morgan fingerprint density at radius 1 is 1.00 bits per heavy atom. The van der Waals surface area contributed by atoms with Crippen LogP contribution in [0.5, 0.6) is 0 Å². The van der Waals surface area contributed by atoms with Crippen molar-refractivity contribution >= 4 is 0 Å². The average molecular weight is 211 g/mol. The Balaban J connectivity index is 1.88. The number of likely N-dealkylation sites (tertiary alicyclic amines) is 1. The van der Waals surface area contributed by atoms with Crippen molar-refractivity contribution in [2.75, 3.05) is 19.6 Å². The first-order chi connectivity index (χ1) is 7.36. The molecule has 1 aliphatic heterocycles. The standard InChI is InChI=1S/C14H29N/c1-3-5-6-7-8-9-11-15-12-10-14(4-2)13-15/h14H,3-13H2,1-2H3. The van der Waals surface area contributed by atoms with Gasteiger partial charge in [-0.25, -0.2) is 0 Å². The van der Waals surface area contributed by atoms with Gasteiger partial charge >= 0.3 is 0 Å². The maximum atomic E-state index is 2.67. The second-order valence-corrected chi connectivity index (χ2v) is 5.13. The van der Waals surface area contributed by atoms with E-state index in [9.17, 15) is 0 Å². The SMILES string of the molecule is CCCCCCCCN1CCC(CC)C1. The van der Waals surface area contributed by atoms with Gasteiger partial charge in [-0.3, -0.25) is 0 Å². The molecule has 0 saturated carbocycles. The summed E-state index contributed by atoms with van der Waals surface area (Å²) < 4.78 is 0. The normalized spacial score (nSPS) is 22.4. The third kappa shape index (κ3) is 5.55. The molecule has 90 valence electrons. The number of rotatable bonds is 8. The van der Waals surface area contributed by atoms with E-state index in [4.69, 9.17) is 0 Å². The van der Waals surface area contributed by atoms with Crippen LogP contribution in [-0.2, 0) is 0 Å². The lowest BCUT2D eigenvalue weighted by Gasteiger charge is -2.15. The summed E-state index contributed by atoms with van der Waals surface area (Å²) in [5.41, 5.74) is 0. The van der Waals surface area contributed by atoms with Gasteiger partial charge in [-0.1, -0.05) is 52.4 Å². The minimum absolute atomic E-state index is 1.00. The summed E-state index contributed by atoms with van der Waals surface area (Å²) in [5.74, 6) is 1.00. The quantitative estimate of drug-likeness (QED) is 0.547. The van der Waals surface area contributed by atoms with Crippen molar-refractivity contribution in [3.8, 4) is 0 Å². The van der Waals surface area contributed by atoms with Gasteiger partial charge < -0.3 is 4.90 Å². The highest BCUT2D eigenvalue weighted by Gasteiger charge is 2.19. The Kier molecular flexibility index (Phi) is 7.08. The predicted octanol–water partition coefficient (Wildman–Crippen LogP) is 4.08. The van der Waals surface area contributed by atoms with Crippen molar-refractivity contribution in [3.63, 3.8) is 0 Å².